The second-order valence-corrected chi connectivity index (χ2v) is 10.0. The van der Waals surface area contributed by atoms with E-state index in [-0.39, 0.29) is 27.5 Å². The Morgan fingerprint density at radius 2 is 1.56 bits per heavy atom. The number of carbonyl (C=O) groups is 2. The van der Waals surface area contributed by atoms with Crippen molar-refractivity contribution in [3.63, 3.8) is 0 Å². The van der Waals surface area contributed by atoms with Crippen LogP contribution in [0.3, 0.4) is 0 Å². The first-order valence-corrected chi connectivity index (χ1v) is 12.9. The van der Waals surface area contributed by atoms with Gasteiger partial charge in [-0.1, -0.05) is 0 Å². The third kappa shape index (κ3) is 5.04. The molecule has 0 fully saturated rings. The van der Waals surface area contributed by atoms with Crippen LogP contribution in [0.5, 0.6) is 0 Å². The van der Waals surface area contributed by atoms with Gasteiger partial charge in [-0.05, 0) is 0 Å². The molecule has 0 radical (unpaired) electrons. The summed E-state index contributed by atoms with van der Waals surface area (Å²) < 4.78 is 5.49. The summed E-state index contributed by atoms with van der Waals surface area (Å²) in [5.41, 5.74) is 6.93. The Bertz CT molecular complexity index is 1070. The number of nitrogens with one attached hydrogen (secondary N) is 1. The van der Waals surface area contributed by atoms with Crippen LogP contribution >= 0.6 is 0 Å². The molecule has 0 unspecified atom stereocenters. The second kappa shape index (κ2) is 10.0. The van der Waals surface area contributed by atoms with Gasteiger partial charge in [-0.2, -0.15) is 0 Å². The third-order valence-corrected chi connectivity index (χ3v) is 7.93. The van der Waals surface area contributed by atoms with Gasteiger partial charge in [-0.15, -0.1) is 0 Å². The number of hydrogen-bond donors (Lipinski definition) is 2. The van der Waals surface area contributed by atoms with E-state index >= 15 is 0 Å². The molecule has 164 valence electrons. The maximum absolute atomic E-state index is 12.4. The van der Waals surface area contributed by atoms with Crippen LogP contribution in [0.2, 0.25) is 5.32 Å². The molecule has 3 aromatic rings. The predicted molar refractivity (Wildman–Crippen MR) is 125 cm³/mol. The molecule has 3 aromatic carbocycles. The molecule has 6 heteroatoms. The minimum absolute atomic E-state index is 0.0505. The van der Waals surface area contributed by atoms with E-state index in [1.54, 1.807) is 0 Å². The summed E-state index contributed by atoms with van der Waals surface area (Å²) in [5, 5.41) is 13.3. The van der Waals surface area contributed by atoms with E-state index in [1.807, 2.05) is 31.2 Å². The molecule has 1 amide bonds. The molecule has 0 aromatic heterocycles. The van der Waals surface area contributed by atoms with Gasteiger partial charge in [-0.25, -0.2) is 0 Å². The molecule has 0 spiro atoms. The zero-order valence-electron chi connectivity index (χ0n) is 17.8. The van der Waals surface area contributed by atoms with Crippen molar-refractivity contribution >= 4 is 27.0 Å². The second-order valence-electron chi connectivity index (χ2n) is 7.86. The van der Waals surface area contributed by atoms with Crippen LogP contribution in [0.1, 0.15) is 28.2 Å². The molecule has 0 saturated carbocycles. The van der Waals surface area contributed by atoms with E-state index in [1.165, 1.54) is 11.1 Å². The monoisotopic (exact) mass is 495 g/mol. The summed E-state index contributed by atoms with van der Waals surface area (Å²) in [7, 11) is 0. The fraction of sp³-hybridized carbons (Fsp3) is 0.231. The number of aliphatic carboxylic acids is 1. The zero-order valence-corrected chi connectivity index (χ0v) is 19.5. The molecular formula is C26H25NO4Se. The number of aryl methyl sites for hydroxylation is 1. The Morgan fingerprint density at radius 1 is 0.969 bits per heavy atom. The van der Waals surface area contributed by atoms with Crippen LogP contribution in [0.15, 0.2) is 72.8 Å². The quantitative estimate of drug-likeness (QED) is 0.449. The van der Waals surface area contributed by atoms with Gasteiger partial charge in [0.2, 0.25) is 0 Å². The Balaban J connectivity index is 1.33. The first-order chi connectivity index (χ1) is 15.5. The van der Waals surface area contributed by atoms with Crippen molar-refractivity contribution in [3.05, 3.63) is 95.1 Å². The van der Waals surface area contributed by atoms with Gasteiger partial charge in [0.15, 0.2) is 0 Å². The van der Waals surface area contributed by atoms with Crippen LogP contribution in [0, 0.1) is 6.92 Å². The summed E-state index contributed by atoms with van der Waals surface area (Å²) in [6.07, 6.45) is -0.689. The van der Waals surface area contributed by atoms with Crippen molar-refractivity contribution in [2.24, 2.45) is 0 Å². The van der Waals surface area contributed by atoms with Gasteiger partial charge in [-0.3, -0.25) is 0 Å². The number of ether oxygens (including phenoxy) is 1. The Labute approximate surface area is 194 Å². The van der Waals surface area contributed by atoms with Gasteiger partial charge >= 0.3 is 194 Å². The number of rotatable bonds is 8. The average molecular weight is 494 g/mol. The van der Waals surface area contributed by atoms with Crippen LogP contribution in [-0.4, -0.2) is 44.8 Å². The van der Waals surface area contributed by atoms with Gasteiger partial charge in [0.1, 0.15) is 0 Å². The maximum atomic E-state index is 12.4. The number of amides is 1. The Morgan fingerprint density at radius 3 is 2.16 bits per heavy atom. The molecule has 2 N–H and O–H groups in total. The molecule has 4 rings (SSSR count). The van der Waals surface area contributed by atoms with Crippen LogP contribution < -0.4 is 5.32 Å². The molecule has 0 heterocycles. The van der Waals surface area contributed by atoms with E-state index < -0.39 is 18.1 Å². The van der Waals surface area contributed by atoms with Crippen molar-refractivity contribution in [2.75, 3.05) is 6.61 Å². The number of fused-ring (bicyclic) bond motifs is 3. The molecule has 1 aliphatic rings. The molecule has 0 saturated heterocycles. The molecule has 0 bridgehead atoms. The standard InChI is InChI=1S/C26H25NO4Se/c1-17-10-12-18(13-11-17)15-32-16-24(25(28)29)27-26(30)31-14-23-21-8-4-2-6-19(21)20-7-3-5-9-22(20)23/h2-13,23-24H,14-16H2,1H3,(H,27,30)(H,28,29)/t24-/m1/s1. The number of alkyl carbamates (subject to hydrolysis) is 1. The van der Waals surface area contributed by atoms with E-state index in [0.29, 0.717) is 5.32 Å². The van der Waals surface area contributed by atoms with Gasteiger partial charge in [0.25, 0.3) is 0 Å². The van der Waals surface area contributed by atoms with Crippen molar-refractivity contribution in [2.45, 2.75) is 29.5 Å². The molecule has 1 aliphatic carbocycles. The number of carboxylic acid groups (broad SMARTS) is 1. The Kier molecular flexibility index (Phi) is 6.93. The first kappa shape index (κ1) is 22.1. The normalized spacial score (nSPS) is 13.2. The van der Waals surface area contributed by atoms with E-state index in [4.69, 9.17) is 4.74 Å². The zero-order chi connectivity index (χ0) is 22.5. The minimum atomic E-state index is -1.04. The van der Waals surface area contributed by atoms with E-state index in [2.05, 4.69) is 53.8 Å². The van der Waals surface area contributed by atoms with Crippen molar-refractivity contribution < 1.29 is 19.4 Å². The first-order valence-electron chi connectivity index (χ1n) is 10.5. The fourth-order valence-electron chi connectivity index (χ4n) is 3.94. The average Bonchev–Trinajstić information content (AvgIpc) is 3.12. The van der Waals surface area contributed by atoms with Gasteiger partial charge in [0, 0.05) is 0 Å². The summed E-state index contributed by atoms with van der Waals surface area (Å²) in [4.78, 5) is 24.1. The number of carboxylic acids is 1. The molecule has 0 aliphatic heterocycles. The SMILES string of the molecule is Cc1ccc(C[Se]C[C@@H](NC(=O)OCC2c3ccccc3-c3ccccc32)C(=O)O)cc1. The number of carbonyl (C=O) groups excluding carboxylic acids is 1. The third-order valence-electron chi connectivity index (χ3n) is 5.61. The van der Waals surface area contributed by atoms with E-state index in [9.17, 15) is 14.7 Å². The van der Waals surface area contributed by atoms with Gasteiger partial charge in [0.05, 0.1) is 0 Å². The predicted octanol–water partition coefficient (Wildman–Crippen LogP) is 4.61. The summed E-state index contributed by atoms with van der Waals surface area (Å²) in [6.45, 7) is 2.20. The summed E-state index contributed by atoms with van der Waals surface area (Å²) in [6, 6.07) is 23.5. The topological polar surface area (TPSA) is 75.6 Å². The molecule has 32 heavy (non-hydrogen) atoms. The fourth-order valence-corrected chi connectivity index (χ4v) is 6.05. The molecular weight excluding hydrogens is 469 g/mol. The van der Waals surface area contributed by atoms with Crippen LogP contribution in [0.4, 0.5) is 4.79 Å². The molecule has 5 nitrogen and oxygen atoms in total. The van der Waals surface area contributed by atoms with Crippen molar-refractivity contribution in [1.82, 2.24) is 5.32 Å². The van der Waals surface area contributed by atoms with E-state index in [0.717, 1.165) is 27.6 Å². The van der Waals surface area contributed by atoms with Crippen LogP contribution in [0.25, 0.3) is 11.1 Å². The van der Waals surface area contributed by atoms with Crippen LogP contribution in [-0.2, 0) is 14.9 Å². The number of hydrogen-bond acceptors (Lipinski definition) is 3. The van der Waals surface area contributed by atoms with Crippen molar-refractivity contribution in [1.29, 1.82) is 0 Å². The summed E-state index contributed by atoms with van der Waals surface area (Å²) in [5.74, 6) is -1.09. The van der Waals surface area contributed by atoms with Crippen molar-refractivity contribution in [3.8, 4) is 11.1 Å². The summed E-state index contributed by atoms with van der Waals surface area (Å²) >= 11 is 0.0505. The number of benzene rings is 3. The molecule has 1 atom stereocenters. The Hall–Kier alpha value is -3.08. The van der Waals surface area contributed by atoms with Gasteiger partial charge < -0.3 is 0 Å².